The largest absolute Gasteiger partial charge is 0.260 e. The minimum Gasteiger partial charge on any atom is -0.260 e. The second-order valence-corrected chi connectivity index (χ2v) is 2.77. The molecule has 0 unspecified atom stereocenters. The fraction of sp³-hybridized carbons (Fsp3) is 0.333. The van der Waals surface area contributed by atoms with E-state index in [4.69, 9.17) is 5.26 Å². The van der Waals surface area contributed by atoms with Crippen molar-refractivity contribution in [2.24, 2.45) is 0 Å². The maximum Gasteiger partial charge on any atom is 0.102 e. The van der Waals surface area contributed by atoms with Gasteiger partial charge in [-0.15, -0.1) is 0 Å². The Bertz CT molecular complexity index is 289. The second kappa shape index (κ2) is 5.73. The van der Waals surface area contributed by atoms with Crippen molar-refractivity contribution < 1.29 is 0 Å². The molecule has 64 valence electrons. The van der Waals surface area contributed by atoms with Gasteiger partial charge < -0.3 is 0 Å². The van der Waals surface area contributed by atoms with Gasteiger partial charge in [-0.2, -0.15) is 5.26 Å². The van der Waals surface area contributed by atoms with E-state index in [9.17, 15) is 0 Å². The lowest BCUT2D eigenvalue weighted by Crippen LogP contribution is -1.83. The molecule has 1 heterocycles. The summed E-state index contributed by atoms with van der Waals surface area (Å²) in [6.07, 6.45) is 1.55. The molecule has 0 aliphatic carbocycles. The van der Waals surface area contributed by atoms with Crippen molar-refractivity contribution >= 4 is 15.9 Å². The molecule has 1 aromatic rings. The average molecular weight is 227 g/mol. The summed E-state index contributed by atoms with van der Waals surface area (Å²) in [6, 6.07) is 3.83. The van der Waals surface area contributed by atoms with Gasteiger partial charge in [0, 0.05) is 16.4 Å². The summed E-state index contributed by atoms with van der Waals surface area (Å²) in [5.41, 5.74) is 1.48. The number of nitrogens with zero attached hydrogens (tertiary/aromatic N) is 2. The molecule has 2 nitrogen and oxygen atoms in total. The summed E-state index contributed by atoms with van der Waals surface area (Å²) in [7, 11) is 0. The van der Waals surface area contributed by atoms with Gasteiger partial charge in [-0.25, -0.2) is 0 Å². The van der Waals surface area contributed by atoms with E-state index in [0.29, 0.717) is 5.56 Å². The Morgan fingerprint density at radius 2 is 2.08 bits per heavy atom. The zero-order valence-electron chi connectivity index (χ0n) is 7.43. The number of aryl methyl sites for hydroxylation is 1. The lowest BCUT2D eigenvalue weighted by atomic mass is 10.3. The van der Waals surface area contributed by atoms with Crippen molar-refractivity contribution in [3.05, 3.63) is 28.0 Å². The van der Waals surface area contributed by atoms with Crippen molar-refractivity contribution in [1.82, 2.24) is 4.98 Å². The van der Waals surface area contributed by atoms with Crippen LogP contribution in [-0.4, -0.2) is 4.98 Å². The van der Waals surface area contributed by atoms with Gasteiger partial charge in [0.2, 0.25) is 0 Å². The average Bonchev–Trinajstić information content (AvgIpc) is 2.08. The minimum absolute atomic E-state index is 0.575. The van der Waals surface area contributed by atoms with E-state index < -0.39 is 0 Å². The normalized spacial score (nSPS) is 7.92. The highest BCUT2D eigenvalue weighted by Crippen LogP contribution is 2.14. The van der Waals surface area contributed by atoms with Crippen LogP contribution in [0.25, 0.3) is 0 Å². The van der Waals surface area contributed by atoms with Crippen LogP contribution in [0.5, 0.6) is 0 Å². The molecular weight excluding hydrogens is 216 g/mol. The lowest BCUT2D eigenvalue weighted by molar-refractivity contribution is 1.18. The Morgan fingerprint density at radius 1 is 1.50 bits per heavy atom. The fourth-order valence-electron chi connectivity index (χ4n) is 0.609. The first-order chi connectivity index (χ1) is 5.74. The molecule has 0 atom stereocenters. The maximum absolute atomic E-state index is 8.49. The Labute approximate surface area is 81.4 Å². The Balaban J connectivity index is 0.000000561. The van der Waals surface area contributed by atoms with Crippen LogP contribution < -0.4 is 0 Å². The van der Waals surface area contributed by atoms with E-state index in [-0.39, 0.29) is 0 Å². The Morgan fingerprint density at radius 3 is 2.50 bits per heavy atom. The van der Waals surface area contributed by atoms with E-state index in [0.717, 1.165) is 10.2 Å². The van der Waals surface area contributed by atoms with Crippen molar-refractivity contribution in [2.45, 2.75) is 20.8 Å². The molecule has 0 amide bonds. The van der Waals surface area contributed by atoms with Crippen LogP contribution >= 0.6 is 15.9 Å². The molecule has 3 heteroatoms. The molecule has 0 saturated heterocycles. The topological polar surface area (TPSA) is 36.7 Å². The van der Waals surface area contributed by atoms with Crippen molar-refractivity contribution in [3.63, 3.8) is 0 Å². The minimum atomic E-state index is 0.575. The Hall–Kier alpha value is -0.880. The zero-order chi connectivity index (χ0) is 9.56. The van der Waals surface area contributed by atoms with Crippen LogP contribution in [0, 0.1) is 18.3 Å². The van der Waals surface area contributed by atoms with Gasteiger partial charge in [-0.05, 0) is 28.9 Å². The van der Waals surface area contributed by atoms with Crippen LogP contribution in [0.3, 0.4) is 0 Å². The van der Waals surface area contributed by atoms with Crippen molar-refractivity contribution in [2.75, 3.05) is 0 Å². The molecule has 0 saturated carbocycles. The summed E-state index contributed by atoms with van der Waals surface area (Å²) < 4.78 is 0.808. The van der Waals surface area contributed by atoms with Gasteiger partial charge in [0.05, 0.1) is 5.56 Å². The molecule has 0 aliphatic rings. The first kappa shape index (κ1) is 11.1. The Kier molecular flexibility index (Phi) is 5.31. The van der Waals surface area contributed by atoms with Gasteiger partial charge in [0.15, 0.2) is 0 Å². The van der Waals surface area contributed by atoms with Gasteiger partial charge >= 0.3 is 0 Å². The number of pyridine rings is 1. The van der Waals surface area contributed by atoms with Gasteiger partial charge in [0.1, 0.15) is 6.07 Å². The summed E-state index contributed by atoms with van der Waals surface area (Å²) in [5.74, 6) is 0. The monoisotopic (exact) mass is 226 g/mol. The predicted molar refractivity (Wildman–Crippen MR) is 52.7 cm³/mol. The van der Waals surface area contributed by atoms with Crippen LogP contribution in [0.15, 0.2) is 16.7 Å². The lowest BCUT2D eigenvalue weighted by Gasteiger charge is -1.93. The molecule has 0 N–H and O–H groups in total. The number of rotatable bonds is 0. The second-order valence-electron chi connectivity index (χ2n) is 1.92. The third-order valence-corrected chi connectivity index (χ3v) is 1.77. The van der Waals surface area contributed by atoms with Gasteiger partial charge in [0.25, 0.3) is 0 Å². The van der Waals surface area contributed by atoms with Gasteiger partial charge in [-0.3, -0.25) is 4.98 Å². The van der Waals surface area contributed by atoms with Crippen LogP contribution in [-0.2, 0) is 0 Å². The molecule has 0 aromatic carbocycles. The number of hydrogen-bond donors (Lipinski definition) is 0. The van der Waals surface area contributed by atoms with E-state index >= 15 is 0 Å². The quantitative estimate of drug-likeness (QED) is 0.682. The highest BCUT2D eigenvalue weighted by Gasteiger charge is 1.97. The fourth-order valence-corrected chi connectivity index (χ4v) is 1.13. The van der Waals surface area contributed by atoms with E-state index in [1.807, 2.05) is 32.9 Å². The van der Waals surface area contributed by atoms with E-state index in [1.165, 1.54) is 0 Å². The van der Waals surface area contributed by atoms with Crippen molar-refractivity contribution in [1.29, 1.82) is 5.26 Å². The molecule has 12 heavy (non-hydrogen) atoms. The standard InChI is InChI=1S/C7H5BrN2.C2H6/c1-5-2-7(8)6(3-9)4-10-5;1-2/h2,4H,1H3;1-2H3. The molecule has 0 radical (unpaired) electrons. The summed E-state index contributed by atoms with van der Waals surface area (Å²) in [5, 5.41) is 8.49. The number of aromatic nitrogens is 1. The molecule has 0 aliphatic heterocycles. The smallest absolute Gasteiger partial charge is 0.102 e. The molecule has 0 spiro atoms. The highest BCUT2D eigenvalue weighted by molar-refractivity contribution is 9.10. The third-order valence-electron chi connectivity index (χ3n) is 1.11. The van der Waals surface area contributed by atoms with E-state index in [1.54, 1.807) is 6.20 Å². The molecular formula is C9H11BrN2. The molecule has 0 fully saturated rings. The molecule has 1 rings (SSSR count). The summed E-state index contributed by atoms with van der Waals surface area (Å²) >= 11 is 3.24. The van der Waals surface area contributed by atoms with Gasteiger partial charge in [-0.1, -0.05) is 13.8 Å². The summed E-state index contributed by atoms with van der Waals surface area (Å²) in [4.78, 5) is 3.96. The molecule has 1 aromatic heterocycles. The van der Waals surface area contributed by atoms with Crippen LogP contribution in [0.4, 0.5) is 0 Å². The highest BCUT2D eigenvalue weighted by atomic mass is 79.9. The number of nitriles is 1. The number of halogens is 1. The van der Waals surface area contributed by atoms with E-state index in [2.05, 4.69) is 20.9 Å². The van der Waals surface area contributed by atoms with Crippen molar-refractivity contribution in [3.8, 4) is 6.07 Å². The number of hydrogen-bond acceptors (Lipinski definition) is 2. The van der Waals surface area contributed by atoms with Crippen LogP contribution in [0.1, 0.15) is 25.1 Å². The molecule has 0 bridgehead atoms. The first-order valence-electron chi connectivity index (χ1n) is 3.76. The third kappa shape index (κ3) is 3.02. The zero-order valence-corrected chi connectivity index (χ0v) is 9.01. The maximum atomic E-state index is 8.49. The first-order valence-corrected chi connectivity index (χ1v) is 4.55. The SMILES string of the molecule is CC.Cc1cc(Br)c(C#N)cn1. The van der Waals surface area contributed by atoms with Crippen LogP contribution in [0.2, 0.25) is 0 Å². The summed E-state index contributed by atoms with van der Waals surface area (Å²) in [6.45, 7) is 5.88. The predicted octanol–water partition coefficient (Wildman–Crippen LogP) is 3.05.